The summed E-state index contributed by atoms with van der Waals surface area (Å²) in [5.74, 6) is 0.0856. The van der Waals surface area contributed by atoms with Gasteiger partial charge in [-0.2, -0.15) is 5.10 Å². The highest BCUT2D eigenvalue weighted by Crippen LogP contribution is 2.49. The molecule has 2 amide bonds. The van der Waals surface area contributed by atoms with E-state index in [4.69, 9.17) is 0 Å². The van der Waals surface area contributed by atoms with Crippen molar-refractivity contribution in [3.63, 3.8) is 0 Å². The minimum absolute atomic E-state index is 0.00608. The molecule has 2 fully saturated rings. The molecule has 2 heterocycles. The zero-order chi connectivity index (χ0) is 15.9. The van der Waals surface area contributed by atoms with Crippen molar-refractivity contribution in [3.05, 3.63) is 18.0 Å². The SMILES string of the molecule is CN(C)C(=O)C1CN(C(=O)c2cnn(C)c2)CC12CCCC2. The van der Waals surface area contributed by atoms with Gasteiger partial charge >= 0.3 is 0 Å². The monoisotopic (exact) mass is 304 g/mol. The third-order valence-corrected chi connectivity index (χ3v) is 5.23. The van der Waals surface area contributed by atoms with Gasteiger partial charge in [-0.05, 0) is 12.8 Å². The van der Waals surface area contributed by atoms with Gasteiger partial charge in [0.15, 0.2) is 0 Å². The average Bonchev–Trinajstić information content (AvgIpc) is 3.19. The lowest BCUT2D eigenvalue weighted by Crippen LogP contribution is -2.39. The first-order valence-electron chi connectivity index (χ1n) is 7.92. The van der Waals surface area contributed by atoms with Crippen LogP contribution in [0, 0.1) is 11.3 Å². The van der Waals surface area contributed by atoms with Crippen LogP contribution in [0.3, 0.4) is 0 Å². The molecule has 0 N–H and O–H groups in total. The van der Waals surface area contributed by atoms with E-state index in [1.807, 2.05) is 4.90 Å². The van der Waals surface area contributed by atoms with E-state index in [0.717, 1.165) is 25.7 Å². The Morgan fingerprint density at radius 2 is 2.00 bits per heavy atom. The number of carbonyl (C=O) groups excluding carboxylic acids is 2. The smallest absolute Gasteiger partial charge is 0.257 e. The van der Waals surface area contributed by atoms with Gasteiger partial charge in [-0.15, -0.1) is 0 Å². The number of aromatic nitrogens is 2. The highest BCUT2D eigenvalue weighted by molar-refractivity contribution is 5.94. The molecular weight excluding hydrogens is 280 g/mol. The number of nitrogens with zero attached hydrogens (tertiary/aromatic N) is 4. The van der Waals surface area contributed by atoms with Crippen molar-refractivity contribution in [2.45, 2.75) is 25.7 Å². The van der Waals surface area contributed by atoms with E-state index >= 15 is 0 Å². The predicted molar refractivity (Wildman–Crippen MR) is 82.2 cm³/mol. The minimum Gasteiger partial charge on any atom is -0.349 e. The molecule has 6 heteroatoms. The third kappa shape index (κ3) is 2.40. The van der Waals surface area contributed by atoms with Crippen molar-refractivity contribution in [1.29, 1.82) is 0 Å². The highest BCUT2D eigenvalue weighted by Gasteiger charge is 2.52. The predicted octanol–water partition coefficient (Wildman–Crippen LogP) is 1.14. The van der Waals surface area contributed by atoms with E-state index < -0.39 is 0 Å². The molecule has 1 saturated carbocycles. The summed E-state index contributed by atoms with van der Waals surface area (Å²) < 4.78 is 1.64. The number of carbonyl (C=O) groups is 2. The molecule has 22 heavy (non-hydrogen) atoms. The topological polar surface area (TPSA) is 58.4 Å². The van der Waals surface area contributed by atoms with Gasteiger partial charge in [-0.1, -0.05) is 12.8 Å². The van der Waals surface area contributed by atoms with Crippen LogP contribution in [0.15, 0.2) is 12.4 Å². The number of aryl methyl sites for hydroxylation is 1. The maximum atomic E-state index is 12.7. The van der Waals surface area contributed by atoms with Gasteiger partial charge in [0.2, 0.25) is 5.91 Å². The van der Waals surface area contributed by atoms with Crippen LogP contribution in [0.2, 0.25) is 0 Å². The Kier molecular flexibility index (Phi) is 3.70. The highest BCUT2D eigenvalue weighted by atomic mass is 16.2. The van der Waals surface area contributed by atoms with Gasteiger partial charge in [0.25, 0.3) is 5.91 Å². The molecule has 1 unspecified atom stereocenters. The summed E-state index contributed by atoms with van der Waals surface area (Å²) in [6.45, 7) is 1.23. The van der Waals surface area contributed by atoms with Crippen LogP contribution in [-0.4, -0.2) is 58.6 Å². The zero-order valence-electron chi connectivity index (χ0n) is 13.6. The van der Waals surface area contributed by atoms with E-state index in [1.165, 1.54) is 0 Å². The second kappa shape index (κ2) is 5.41. The molecule has 120 valence electrons. The summed E-state index contributed by atoms with van der Waals surface area (Å²) in [6.07, 6.45) is 7.76. The minimum atomic E-state index is -0.0642. The Labute approximate surface area is 131 Å². The number of hydrogen-bond acceptors (Lipinski definition) is 3. The van der Waals surface area contributed by atoms with E-state index in [1.54, 1.807) is 43.1 Å². The number of amides is 2. The van der Waals surface area contributed by atoms with Gasteiger partial charge in [0.1, 0.15) is 0 Å². The molecule has 1 aliphatic carbocycles. The third-order valence-electron chi connectivity index (χ3n) is 5.23. The quantitative estimate of drug-likeness (QED) is 0.823. The first-order chi connectivity index (χ1) is 10.4. The number of hydrogen-bond donors (Lipinski definition) is 0. The van der Waals surface area contributed by atoms with Crippen LogP contribution in [-0.2, 0) is 11.8 Å². The fourth-order valence-corrected chi connectivity index (χ4v) is 4.08. The first-order valence-corrected chi connectivity index (χ1v) is 7.92. The van der Waals surface area contributed by atoms with Gasteiger partial charge in [-0.25, -0.2) is 0 Å². The van der Waals surface area contributed by atoms with Crippen LogP contribution in [0.4, 0.5) is 0 Å². The molecule has 0 radical (unpaired) electrons. The number of rotatable bonds is 2. The largest absolute Gasteiger partial charge is 0.349 e. The fraction of sp³-hybridized carbons (Fsp3) is 0.688. The maximum absolute atomic E-state index is 12.7. The van der Waals surface area contributed by atoms with Crippen LogP contribution < -0.4 is 0 Å². The summed E-state index contributed by atoms with van der Waals surface area (Å²) in [6, 6.07) is 0. The Morgan fingerprint density at radius 1 is 1.32 bits per heavy atom. The second-order valence-electron chi connectivity index (χ2n) is 6.94. The molecule has 6 nitrogen and oxygen atoms in total. The molecule has 2 aliphatic rings. The Bertz CT molecular complexity index is 587. The van der Waals surface area contributed by atoms with E-state index in [-0.39, 0.29) is 23.1 Å². The molecule has 1 spiro atoms. The molecule has 1 atom stereocenters. The molecule has 1 aliphatic heterocycles. The summed E-state index contributed by atoms with van der Waals surface area (Å²) in [5, 5.41) is 4.07. The molecule has 1 aromatic heterocycles. The Balaban J connectivity index is 1.84. The molecule has 3 rings (SSSR count). The molecule has 1 saturated heterocycles. The average molecular weight is 304 g/mol. The molecule has 0 bridgehead atoms. The zero-order valence-corrected chi connectivity index (χ0v) is 13.6. The van der Waals surface area contributed by atoms with Gasteiger partial charge in [-0.3, -0.25) is 14.3 Å². The normalized spacial score (nSPS) is 23.2. The van der Waals surface area contributed by atoms with Gasteiger partial charge in [0, 0.05) is 45.8 Å². The van der Waals surface area contributed by atoms with Crippen LogP contribution in [0.1, 0.15) is 36.0 Å². The maximum Gasteiger partial charge on any atom is 0.257 e. The van der Waals surface area contributed by atoms with Gasteiger partial charge in [0.05, 0.1) is 17.7 Å². The molecule has 1 aromatic rings. The van der Waals surface area contributed by atoms with E-state index in [2.05, 4.69) is 5.10 Å². The Hall–Kier alpha value is -1.85. The first kappa shape index (κ1) is 15.1. The van der Waals surface area contributed by atoms with Crippen molar-refractivity contribution in [3.8, 4) is 0 Å². The second-order valence-corrected chi connectivity index (χ2v) is 6.94. The summed E-state index contributed by atoms with van der Waals surface area (Å²) >= 11 is 0. The van der Waals surface area contributed by atoms with Crippen LogP contribution >= 0.6 is 0 Å². The van der Waals surface area contributed by atoms with Crippen LogP contribution in [0.25, 0.3) is 0 Å². The van der Waals surface area contributed by atoms with Crippen molar-refractivity contribution in [2.75, 3.05) is 27.2 Å². The van der Waals surface area contributed by atoms with Crippen molar-refractivity contribution in [1.82, 2.24) is 19.6 Å². The van der Waals surface area contributed by atoms with E-state index in [0.29, 0.717) is 18.7 Å². The number of likely N-dealkylation sites (tertiary alicyclic amines) is 1. The summed E-state index contributed by atoms with van der Waals surface area (Å²) in [7, 11) is 5.41. The van der Waals surface area contributed by atoms with Crippen molar-refractivity contribution < 1.29 is 9.59 Å². The van der Waals surface area contributed by atoms with E-state index in [9.17, 15) is 9.59 Å². The molecular formula is C16H24N4O2. The standard InChI is InChI=1S/C16H24N4O2/c1-18(2)15(22)13-10-20(11-16(13)6-4-5-7-16)14(21)12-8-17-19(3)9-12/h8-9,13H,4-7,10-11H2,1-3H3. The Morgan fingerprint density at radius 3 is 2.55 bits per heavy atom. The lowest BCUT2D eigenvalue weighted by molar-refractivity contribution is -0.135. The van der Waals surface area contributed by atoms with Crippen LogP contribution in [0.5, 0.6) is 0 Å². The van der Waals surface area contributed by atoms with Gasteiger partial charge < -0.3 is 9.80 Å². The summed E-state index contributed by atoms with van der Waals surface area (Å²) in [5.41, 5.74) is 0.591. The lowest BCUT2D eigenvalue weighted by Gasteiger charge is -2.30. The van der Waals surface area contributed by atoms with Crippen molar-refractivity contribution in [2.24, 2.45) is 18.4 Å². The van der Waals surface area contributed by atoms with Crippen molar-refractivity contribution >= 4 is 11.8 Å². The lowest BCUT2D eigenvalue weighted by atomic mass is 9.76. The summed E-state index contributed by atoms with van der Waals surface area (Å²) in [4.78, 5) is 28.8. The molecule has 0 aromatic carbocycles. The fourth-order valence-electron chi connectivity index (χ4n) is 4.08.